The van der Waals surface area contributed by atoms with E-state index < -0.39 is 0 Å². The van der Waals surface area contributed by atoms with Crippen molar-refractivity contribution in [2.75, 3.05) is 12.9 Å². The van der Waals surface area contributed by atoms with Crippen molar-refractivity contribution in [3.8, 4) is 11.5 Å². The van der Waals surface area contributed by atoms with Crippen LogP contribution in [0, 0.1) is 0 Å². The number of thioether (sulfide) groups is 1. The van der Waals surface area contributed by atoms with Crippen molar-refractivity contribution in [1.82, 2.24) is 14.8 Å². The lowest BCUT2D eigenvalue weighted by Crippen LogP contribution is -2.12. The van der Waals surface area contributed by atoms with Crippen LogP contribution >= 0.6 is 11.8 Å². The minimum atomic E-state index is -0.324. The van der Waals surface area contributed by atoms with Crippen LogP contribution in [0.25, 0.3) is 0 Å². The average Bonchev–Trinajstić information content (AvgIpc) is 3.16. The van der Waals surface area contributed by atoms with Crippen LogP contribution in [0.4, 0.5) is 0 Å². The second kappa shape index (κ2) is 9.93. The maximum absolute atomic E-state index is 12.4. The van der Waals surface area contributed by atoms with Crippen LogP contribution in [-0.4, -0.2) is 33.4 Å². The largest absolute Gasteiger partial charge is 0.497 e. The lowest BCUT2D eigenvalue weighted by molar-refractivity contribution is 0.102. The molecular formula is C22H23N3O3S. The van der Waals surface area contributed by atoms with Crippen LogP contribution in [-0.2, 0) is 6.54 Å². The lowest BCUT2D eigenvalue weighted by atomic mass is 10.2. The summed E-state index contributed by atoms with van der Waals surface area (Å²) >= 11 is 1.36. The third-order valence-electron chi connectivity index (χ3n) is 4.22. The molecule has 0 amide bonds. The van der Waals surface area contributed by atoms with Gasteiger partial charge in [0, 0.05) is 12.1 Å². The summed E-state index contributed by atoms with van der Waals surface area (Å²) in [5.41, 5.74) is 0.686. The van der Waals surface area contributed by atoms with Gasteiger partial charge in [0.15, 0.2) is 22.9 Å². The Bertz CT molecular complexity index is 955. The van der Waals surface area contributed by atoms with E-state index in [2.05, 4.69) is 16.8 Å². The summed E-state index contributed by atoms with van der Waals surface area (Å²) in [6.45, 7) is 6.26. The van der Waals surface area contributed by atoms with E-state index in [0.717, 1.165) is 5.75 Å². The maximum atomic E-state index is 12.4. The second-order valence-corrected chi connectivity index (χ2v) is 7.20. The SMILES string of the molecule is C=CCn1c(SCC(=O)c2ccccc2)nnc1C(C)Oc1ccc(OC)cc1. The highest BCUT2D eigenvalue weighted by Gasteiger charge is 2.20. The number of rotatable bonds is 10. The molecule has 3 rings (SSSR count). The topological polar surface area (TPSA) is 66.2 Å². The van der Waals surface area contributed by atoms with Gasteiger partial charge in [-0.05, 0) is 31.2 Å². The molecule has 29 heavy (non-hydrogen) atoms. The molecule has 3 aromatic rings. The van der Waals surface area contributed by atoms with Gasteiger partial charge in [-0.15, -0.1) is 16.8 Å². The van der Waals surface area contributed by atoms with Gasteiger partial charge in [0.25, 0.3) is 0 Å². The van der Waals surface area contributed by atoms with E-state index in [4.69, 9.17) is 9.47 Å². The van der Waals surface area contributed by atoms with Gasteiger partial charge < -0.3 is 9.47 Å². The Balaban J connectivity index is 1.71. The molecular weight excluding hydrogens is 386 g/mol. The van der Waals surface area contributed by atoms with Gasteiger partial charge >= 0.3 is 0 Å². The van der Waals surface area contributed by atoms with Crippen molar-refractivity contribution in [1.29, 1.82) is 0 Å². The van der Waals surface area contributed by atoms with Gasteiger partial charge in [-0.3, -0.25) is 9.36 Å². The summed E-state index contributed by atoms with van der Waals surface area (Å²) in [5.74, 6) is 2.48. The van der Waals surface area contributed by atoms with Gasteiger partial charge in [0.2, 0.25) is 0 Å². The summed E-state index contributed by atoms with van der Waals surface area (Å²) in [6.07, 6.45) is 1.45. The van der Waals surface area contributed by atoms with E-state index in [-0.39, 0.29) is 17.6 Å². The number of Topliss-reactive ketones (excluding diaryl/α,β-unsaturated/α-hetero) is 1. The fourth-order valence-electron chi connectivity index (χ4n) is 2.76. The van der Waals surface area contributed by atoms with Gasteiger partial charge in [0.1, 0.15) is 11.5 Å². The van der Waals surface area contributed by atoms with E-state index in [1.807, 2.05) is 66.1 Å². The van der Waals surface area contributed by atoms with Crippen molar-refractivity contribution < 1.29 is 14.3 Å². The molecule has 0 saturated heterocycles. The number of nitrogens with zero attached hydrogens (tertiary/aromatic N) is 3. The molecule has 1 unspecified atom stereocenters. The number of aromatic nitrogens is 3. The Kier molecular flexibility index (Phi) is 7.08. The summed E-state index contributed by atoms with van der Waals surface area (Å²) in [6, 6.07) is 16.6. The molecule has 0 fully saturated rings. The maximum Gasteiger partial charge on any atom is 0.192 e. The number of benzene rings is 2. The number of carbonyl (C=O) groups excluding carboxylic acids is 1. The normalized spacial score (nSPS) is 11.7. The van der Waals surface area contributed by atoms with E-state index in [1.54, 1.807) is 13.2 Å². The highest BCUT2D eigenvalue weighted by Crippen LogP contribution is 2.26. The first-order valence-electron chi connectivity index (χ1n) is 9.18. The molecule has 0 aliphatic carbocycles. The molecule has 7 heteroatoms. The molecule has 6 nitrogen and oxygen atoms in total. The number of allylic oxidation sites excluding steroid dienone is 1. The first kappa shape index (κ1) is 20.7. The number of hydrogen-bond donors (Lipinski definition) is 0. The highest BCUT2D eigenvalue weighted by molar-refractivity contribution is 7.99. The molecule has 0 spiro atoms. The molecule has 2 aromatic carbocycles. The number of carbonyl (C=O) groups is 1. The number of ketones is 1. The third-order valence-corrected chi connectivity index (χ3v) is 5.19. The fraction of sp³-hybridized carbons (Fsp3) is 0.227. The molecule has 0 radical (unpaired) electrons. The van der Waals surface area contributed by atoms with Crippen LogP contribution in [0.3, 0.4) is 0 Å². The number of methoxy groups -OCH3 is 1. The predicted molar refractivity (Wildman–Crippen MR) is 114 cm³/mol. The minimum absolute atomic E-state index is 0.0489. The summed E-state index contributed by atoms with van der Waals surface area (Å²) < 4.78 is 13.1. The molecule has 0 saturated carbocycles. The highest BCUT2D eigenvalue weighted by atomic mass is 32.2. The summed E-state index contributed by atoms with van der Waals surface area (Å²) in [4.78, 5) is 12.4. The molecule has 0 bridgehead atoms. The van der Waals surface area contributed by atoms with Crippen molar-refractivity contribution in [2.24, 2.45) is 0 Å². The monoisotopic (exact) mass is 409 g/mol. The molecule has 1 heterocycles. The van der Waals surface area contributed by atoms with Gasteiger partial charge in [-0.1, -0.05) is 48.2 Å². The molecule has 1 atom stereocenters. The molecule has 150 valence electrons. The Hall–Kier alpha value is -3.06. The average molecular weight is 410 g/mol. The van der Waals surface area contributed by atoms with Crippen LogP contribution in [0.15, 0.2) is 72.4 Å². The zero-order valence-corrected chi connectivity index (χ0v) is 17.3. The Morgan fingerprint density at radius 2 is 1.83 bits per heavy atom. The quantitative estimate of drug-likeness (QED) is 0.277. The van der Waals surface area contributed by atoms with Gasteiger partial charge in [-0.25, -0.2) is 0 Å². The summed E-state index contributed by atoms with van der Waals surface area (Å²) in [7, 11) is 1.62. The molecule has 0 N–H and O–H groups in total. The minimum Gasteiger partial charge on any atom is -0.497 e. The predicted octanol–water partition coefficient (Wildman–Crippen LogP) is 4.59. The van der Waals surface area contributed by atoms with E-state index >= 15 is 0 Å². The van der Waals surface area contributed by atoms with Crippen molar-refractivity contribution in [2.45, 2.75) is 24.7 Å². The Labute approximate surface area is 174 Å². The first-order chi connectivity index (χ1) is 14.1. The van der Waals surface area contributed by atoms with E-state index in [1.165, 1.54) is 11.8 Å². The fourth-order valence-corrected chi connectivity index (χ4v) is 3.61. The summed E-state index contributed by atoms with van der Waals surface area (Å²) in [5, 5.41) is 9.23. The van der Waals surface area contributed by atoms with Gasteiger partial charge in [0.05, 0.1) is 12.9 Å². The molecule has 0 aliphatic rings. The smallest absolute Gasteiger partial charge is 0.192 e. The van der Waals surface area contributed by atoms with Crippen LogP contribution in [0.1, 0.15) is 29.2 Å². The Morgan fingerprint density at radius 1 is 1.14 bits per heavy atom. The van der Waals surface area contributed by atoms with Gasteiger partial charge in [-0.2, -0.15) is 0 Å². The zero-order valence-electron chi connectivity index (χ0n) is 16.4. The lowest BCUT2D eigenvalue weighted by Gasteiger charge is -2.16. The molecule has 0 aliphatic heterocycles. The van der Waals surface area contributed by atoms with E-state index in [9.17, 15) is 4.79 Å². The zero-order chi connectivity index (χ0) is 20.6. The Morgan fingerprint density at radius 3 is 2.48 bits per heavy atom. The van der Waals surface area contributed by atoms with Crippen molar-refractivity contribution in [3.63, 3.8) is 0 Å². The second-order valence-electron chi connectivity index (χ2n) is 6.25. The van der Waals surface area contributed by atoms with Crippen molar-refractivity contribution in [3.05, 3.63) is 78.6 Å². The number of ether oxygens (including phenoxy) is 2. The standard InChI is InChI=1S/C22H23N3O3S/c1-4-14-25-21(16(2)28-19-12-10-18(27-3)11-13-19)23-24-22(25)29-15-20(26)17-8-6-5-7-9-17/h4-13,16H,1,14-15H2,2-3H3. The van der Waals surface area contributed by atoms with Crippen LogP contribution in [0.5, 0.6) is 11.5 Å². The number of hydrogen-bond acceptors (Lipinski definition) is 6. The first-order valence-corrected chi connectivity index (χ1v) is 10.2. The van der Waals surface area contributed by atoms with Crippen LogP contribution in [0.2, 0.25) is 0 Å². The van der Waals surface area contributed by atoms with E-state index in [0.29, 0.717) is 28.8 Å². The van der Waals surface area contributed by atoms with Crippen LogP contribution < -0.4 is 9.47 Å². The third kappa shape index (κ3) is 5.26. The molecule has 1 aromatic heterocycles. The van der Waals surface area contributed by atoms with Crippen molar-refractivity contribution >= 4 is 17.5 Å².